The Balaban J connectivity index is 1.45. The lowest BCUT2D eigenvalue weighted by Gasteiger charge is -2.30. The predicted molar refractivity (Wildman–Crippen MR) is 134 cm³/mol. The molecule has 1 aliphatic carbocycles. The van der Waals surface area contributed by atoms with Crippen LogP contribution in [0.3, 0.4) is 0 Å². The van der Waals surface area contributed by atoms with Crippen molar-refractivity contribution in [2.75, 3.05) is 9.80 Å². The second-order valence-corrected chi connectivity index (χ2v) is 10.2. The van der Waals surface area contributed by atoms with Crippen molar-refractivity contribution in [3.63, 3.8) is 0 Å². The lowest BCUT2D eigenvalue weighted by molar-refractivity contribution is -0.125. The molecule has 3 aliphatic rings. The van der Waals surface area contributed by atoms with Gasteiger partial charge in [-0.3, -0.25) is 24.1 Å². The van der Waals surface area contributed by atoms with E-state index < -0.39 is 17.8 Å². The van der Waals surface area contributed by atoms with Gasteiger partial charge in [0.15, 0.2) is 0 Å². The summed E-state index contributed by atoms with van der Waals surface area (Å²) in [5.41, 5.74) is 5.92. The number of benzene rings is 2. The molecule has 2 aromatic rings. The molecule has 0 unspecified atom stereocenters. The number of fused-ring (bicyclic) bond motifs is 1. The van der Waals surface area contributed by atoms with Gasteiger partial charge in [-0.25, -0.2) is 4.90 Å². The highest BCUT2D eigenvalue weighted by Gasteiger charge is 2.54. The van der Waals surface area contributed by atoms with E-state index in [1.54, 1.807) is 6.07 Å². The molecule has 0 radical (unpaired) electrons. The van der Waals surface area contributed by atoms with Crippen LogP contribution in [0.1, 0.15) is 42.0 Å². The normalized spacial score (nSPS) is 26.5. The summed E-state index contributed by atoms with van der Waals surface area (Å²) in [4.78, 5) is 56.1. The topological polar surface area (TPSA) is 74.8 Å². The van der Waals surface area contributed by atoms with E-state index in [-0.39, 0.29) is 36.0 Å². The van der Waals surface area contributed by atoms with E-state index in [4.69, 9.17) is 0 Å². The smallest absolute Gasteiger partial charge is 0.241 e. The molecular formula is C29H30N2O4. The molecule has 0 aromatic heterocycles. The number of amides is 4. The van der Waals surface area contributed by atoms with Crippen molar-refractivity contribution in [2.45, 2.75) is 47.5 Å². The van der Waals surface area contributed by atoms with Gasteiger partial charge in [0.25, 0.3) is 0 Å². The Labute approximate surface area is 205 Å². The summed E-state index contributed by atoms with van der Waals surface area (Å²) in [5, 5.41) is 0. The molecule has 2 aliphatic heterocycles. The number of hydrogen-bond donors (Lipinski definition) is 0. The van der Waals surface area contributed by atoms with Crippen LogP contribution >= 0.6 is 0 Å². The molecule has 0 spiro atoms. The Morgan fingerprint density at radius 1 is 0.686 bits per heavy atom. The third-order valence-corrected chi connectivity index (χ3v) is 8.25. The zero-order chi connectivity index (χ0) is 25.2. The fourth-order valence-electron chi connectivity index (χ4n) is 6.00. The molecule has 0 saturated carbocycles. The largest absolute Gasteiger partial charge is 0.274 e. The molecule has 2 fully saturated rings. The second-order valence-electron chi connectivity index (χ2n) is 10.2. The van der Waals surface area contributed by atoms with E-state index in [0.717, 1.165) is 27.8 Å². The number of anilines is 2. The lowest BCUT2D eigenvalue weighted by Crippen LogP contribution is -2.35. The Bertz CT molecular complexity index is 1320. The highest BCUT2D eigenvalue weighted by Crippen LogP contribution is 2.47. The summed E-state index contributed by atoms with van der Waals surface area (Å²) >= 11 is 0. The van der Waals surface area contributed by atoms with Crippen LogP contribution < -0.4 is 9.80 Å². The van der Waals surface area contributed by atoms with Gasteiger partial charge >= 0.3 is 0 Å². The van der Waals surface area contributed by atoms with E-state index >= 15 is 0 Å². The van der Waals surface area contributed by atoms with Gasteiger partial charge < -0.3 is 0 Å². The van der Waals surface area contributed by atoms with Crippen LogP contribution in [0.5, 0.6) is 0 Å². The molecule has 2 saturated heterocycles. The number of carbonyl (C=O) groups excluding carboxylic acids is 4. The Morgan fingerprint density at radius 3 is 1.83 bits per heavy atom. The van der Waals surface area contributed by atoms with Crippen molar-refractivity contribution < 1.29 is 19.2 Å². The van der Waals surface area contributed by atoms with Crippen molar-refractivity contribution in [3.05, 3.63) is 70.3 Å². The molecule has 6 nitrogen and oxygen atoms in total. The van der Waals surface area contributed by atoms with E-state index in [1.807, 2.05) is 71.0 Å². The number of hydrogen-bond acceptors (Lipinski definition) is 4. The Morgan fingerprint density at radius 2 is 1.23 bits per heavy atom. The minimum Gasteiger partial charge on any atom is -0.274 e. The van der Waals surface area contributed by atoms with Crippen LogP contribution in [0.15, 0.2) is 48.0 Å². The summed E-state index contributed by atoms with van der Waals surface area (Å²) < 4.78 is 0. The number of carbonyl (C=O) groups is 4. The van der Waals surface area contributed by atoms with E-state index in [9.17, 15) is 19.2 Å². The van der Waals surface area contributed by atoms with Gasteiger partial charge in [-0.1, -0.05) is 35.9 Å². The molecule has 0 bridgehead atoms. The number of aryl methyl sites for hydroxylation is 2. The van der Waals surface area contributed by atoms with Gasteiger partial charge in [0.2, 0.25) is 23.6 Å². The molecule has 2 aromatic carbocycles. The highest BCUT2D eigenvalue weighted by molar-refractivity contribution is 6.24. The molecule has 4 amide bonds. The molecule has 6 heteroatoms. The fraction of sp³-hybridized carbons (Fsp3) is 0.379. The quantitative estimate of drug-likeness (QED) is 0.486. The van der Waals surface area contributed by atoms with Crippen molar-refractivity contribution in [2.24, 2.45) is 23.7 Å². The number of allylic oxidation sites excluding steroid dienone is 1. The zero-order valence-corrected chi connectivity index (χ0v) is 20.8. The molecule has 0 N–H and O–H groups in total. The Kier molecular flexibility index (Phi) is 5.50. The molecule has 4 atom stereocenters. The highest BCUT2D eigenvalue weighted by atomic mass is 16.2. The number of nitrogens with zero attached hydrogens (tertiary/aromatic N) is 2. The van der Waals surface area contributed by atoms with Crippen LogP contribution in [-0.2, 0) is 19.2 Å². The van der Waals surface area contributed by atoms with E-state index in [1.165, 1.54) is 9.80 Å². The van der Waals surface area contributed by atoms with Crippen LogP contribution in [0, 0.1) is 51.4 Å². The van der Waals surface area contributed by atoms with Crippen LogP contribution in [-0.4, -0.2) is 23.6 Å². The summed E-state index contributed by atoms with van der Waals surface area (Å²) in [6.07, 6.45) is 2.46. The second kappa shape index (κ2) is 8.29. The summed E-state index contributed by atoms with van der Waals surface area (Å²) in [7, 11) is 0. The molecule has 2 heterocycles. The molecule has 35 heavy (non-hydrogen) atoms. The third-order valence-electron chi connectivity index (χ3n) is 8.25. The SMILES string of the molecule is CC1=C[C@H]([C@@H]2CC(=O)N(c3cccc(C)c3C)C2=O)C[C@H]2C(=O)N(c3cccc(C)c3C)C(=O)[C@@H]12. The first kappa shape index (κ1) is 23.2. The standard InChI is InChI=1S/C29H30N2O4/c1-15-8-6-10-23(18(15)4)30-25(32)14-21(27(30)33)20-12-17(3)26-22(13-20)28(34)31(29(26)35)24-11-7-9-16(2)19(24)5/h6-12,20-22,26H,13-14H2,1-5H3/t20-,21-,22+,26-/m0/s1. The first-order valence-electron chi connectivity index (χ1n) is 12.2. The minimum absolute atomic E-state index is 0.112. The fourth-order valence-corrected chi connectivity index (χ4v) is 6.00. The van der Waals surface area contributed by atoms with E-state index in [2.05, 4.69) is 0 Å². The van der Waals surface area contributed by atoms with Gasteiger partial charge in [0.05, 0.1) is 29.1 Å². The first-order chi connectivity index (χ1) is 16.6. The first-order valence-corrected chi connectivity index (χ1v) is 12.2. The van der Waals surface area contributed by atoms with Gasteiger partial charge in [-0.2, -0.15) is 0 Å². The van der Waals surface area contributed by atoms with Crippen molar-refractivity contribution in [1.29, 1.82) is 0 Å². The van der Waals surface area contributed by atoms with Crippen LogP contribution in [0.2, 0.25) is 0 Å². The maximum absolute atomic E-state index is 13.5. The van der Waals surface area contributed by atoms with Gasteiger partial charge in [0, 0.05) is 6.42 Å². The number of rotatable bonds is 3. The number of imide groups is 2. The van der Waals surface area contributed by atoms with Crippen molar-refractivity contribution >= 4 is 35.0 Å². The van der Waals surface area contributed by atoms with Crippen molar-refractivity contribution in [1.82, 2.24) is 0 Å². The summed E-state index contributed by atoms with van der Waals surface area (Å²) in [6, 6.07) is 11.2. The van der Waals surface area contributed by atoms with Gasteiger partial charge in [-0.15, -0.1) is 0 Å². The van der Waals surface area contributed by atoms with Crippen LogP contribution in [0.25, 0.3) is 0 Å². The maximum atomic E-state index is 13.5. The van der Waals surface area contributed by atoms with Crippen LogP contribution in [0.4, 0.5) is 11.4 Å². The molecule has 5 rings (SSSR count). The summed E-state index contributed by atoms with van der Waals surface area (Å²) in [5.74, 6) is -2.68. The van der Waals surface area contributed by atoms with Crippen molar-refractivity contribution in [3.8, 4) is 0 Å². The lowest BCUT2D eigenvalue weighted by atomic mass is 9.71. The third kappa shape index (κ3) is 3.46. The average Bonchev–Trinajstić information content (AvgIpc) is 3.25. The monoisotopic (exact) mass is 470 g/mol. The molecular weight excluding hydrogens is 440 g/mol. The molecule has 180 valence electrons. The average molecular weight is 471 g/mol. The Hall–Kier alpha value is -3.54. The maximum Gasteiger partial charge on any atom is 0.241 e. The van der Waals surface area contributed by atoms with Gasteiger partial charge in [-0.05, 0) is 81.3 Å². The summed E-state index contributed by atoms with van der Waals surface area (Å²) in [6.45, 7) is 9.62. The zero-order valence-electron chi connectivity index (χ0n) is 20.8. The predicted octanol–water partition coefficient (Wildman–Crippen LogP) is 4.57. The van der Waals surface area contributed by atoms with Gasteiger partial charge in [0.1, 0.15) is 0 Å². The minimum atomic E-state index is -0.532. The van der Waals surface area contributed by atoms with E-state index in [0.29, 0.717) is 17.8 Å².